The van der Waals surface area contributed by atoms with Gasteiger partial charge in [0.25, 0.3) is 0 Å². The largest absolute Gasteiger partial charge is 0.394 e. The number of nitrogens with one attached hydrogen (secondary N) is 1. The minimum Gasteiger partial charge on any atom is -0.394 e. The molecule has 3 nitrogen and oxygen atoms in total. The number of rotatable bonds is 5. The van der Waals surface area contributed by atoms with Gasteiger partial charge in [-0.25, -0.2) is 0 Å². The second kappa shape index (κ2) is 4.42. The number of carbonyl (C=O) groups excluding carboxylic acids is 1. The zero-order valence-corrected chi connectivity index (χ0v) is 8.33. The molecule has 0 aromatic carbocycles. The van der Waals surface area contributed by atoms with Crippen LogP contribution in [0.5, 0.6) is 0 Å². The van der Waals surface area contributed by atoms with Crippen LogP contribution in [0.3, 0.4) is 0 Å². The molecule has 0 spiro atoms. The van der Waals surface area contributed by atoms with Crippen molar-refractivity contribution in [2.75, 3.05) is 6.61 Å². The molecule has 1 aliphatic rings. The molecule has 0 saturated carbocycles. The third kappa shape index (κ3) is 1.87. The normalized spacial score (nSPS) is 24.4. The summed E-state index contributed by atoms with van der Waals surface area (Å²) in [6.07, 6.45) is 5.45. The van der Waals surface area contributed by atoms with Gasteiger partial charge in [-0.3, -0.25) is 4.79 Å². The molecule has 1 amide bonds. The van der Waals surface area contributed by atoms with E-state index in [1.54, 1.807) is 12.2 Å². The average molecular weight is 195 g/mol. The molecule has 1 rings (SSSR count). The first-order valence-corrected chi connectivity index (χ1v) is 4.82. The summed E-state index contributed by atoms with van der Waals surface area (Å²) in [6.45, 7) is 7.32. The van der Waals surface area contributed by atoms with Crippen LogP contribution in [0.4, 0.5) is 0 Å². The highest BCUT2D eigenvalue weighted by Gasteiger charge is 2.44. The van der Waals surface area contributed by atoms with Crippen molar-refractivity contribution < 1.29 is 9.90 Å². The molecule has 2 N–H and O–H groups in total. The van der Waals surface area contributed by atoms with Gasteiger partial charge in [0.2, 0.25) is 5.91 Å². The molecule has 1 aliphatic heterocycles. The van der Waals surface area contributed by atoms with Crippen LogP contribution in [0.15, 0.2) is 25.3 Å². The zero-order valence-electron chi connectivity index (χ0n) is 8.33. The van der Waals surface area contributed by atoms with Gasteiger partial charge in [-0.1, -0.05) is 12.2 Å². The van der Waals surface area contributed by atoms with Crippen molar-refractivity contribution in [2.24, 2.45) is 5.41 Å². The Labute approximate surface area is 84.5 Å². The van der Waals surface area contributed by atoms with Crippen LogP contribution in [-0.2, 0) is 4.79 Å². The van der Waals surface area contributed by atoms with Crippen LogP contribution < -0.4 is 5.32 Å². The molecule has 1 atom stereocenters. The highest BCUT2D eigenvalue weighted by Crippen LogP contribution is 2.37. The van der Waals surface area contributed by atoms with E-state index in [1.165, 1.54) is 0 Å². The first-order valence-electron chi connectivity index (χ1n) is 4.82. The molecule has 0 radical (unpaired) electrons. The summed E-state index contributed by atoms with van der Waals surface area (Å²) in [5.41, 5.74) is -0.420. The lowest BCUT2D eigenvalue weighted by atomic mass is 9.78. The van der Waals surface area contributed by atoms with E-state index in [1.807, 2.05) is 0 Å². The molecule has 0 bridgehead atoms. The standard InChI is InChI=1S/C11H17NO2/c1-3-5-11(6-4-2)7-9(8-13)12-10(11)14/h3-4,9,13H,1-2,5-8H2,(H,12,14). The monoisotopic (exact) mass is 195 g/mol. The van der Waals surface area contributed by atoms with Crippen molar-refractivity contribution in [3.05, 3.63) is 25.3 Å². The van der Waals surface area contributed by atoms with Crippen molar-refractivity contribution >= 4 is 5.91 Å². The molecular weight excluding hydrogens is 178 g/mol. The second-order valence-corrected chi connectivity index (χ2v) is 3.82. The van der Waals surface area contributed by atoms with Gasteiger partial charge < -0.3 is 10.4 Å². The molecule has 1 saturated heterocycles. The van der Waals surface area contributed by atoms with E-state index in [0.29, 0.717) is 19.3 Å². The summed E-state index contributed by atoms with van der Waals surface area (Å²) >= 11 is 0. The fourth-order valence-corrected chi connectivity index (χ4v) is 2.05. The Hall–Kier alpha value is -1.09. The molecular formula is C11H17NO2. The predicted octanol–water partition coefficient (Wildman–Crippen LogP) is 1.01. The van der Waals surface area contributed by atoms with Gasteiger partial charge in [-0.2, -0.15) is 0 Å². The van der Waals surface area contributed by atoms with Gasteiger partial charge in [0.05, 0.1) is 18.1 Å². The van der Waals surface area contributed by atoms with Crippen LogP contribution in [0.25, 0.3) is 0 Å². The second-order valence-electron chi connectivity index (χ2n) is 3.82. The summed E-state index contributed by atoms with van der Waals surface area (Å²) in [7, 11) is 0. The van der Waals surface area contributed by atoms with Gasteiger partial charge in [0, 0.05) is 0 Å². The van der Waals surface area contributed by atoms with Crippen LogP contribution in [0.2, 0.25) is 0 Å². The minimum atomic E-state index is -0.420. The number of allylic oxidation sites excluding steroid dienone is 2. The summed E-state index contributed by atoms with van der Waals surface area (Å²) < 4.78 is 0. The maximum Gasteiger partial charge on any atom is 0.227 e. The fraction of sp³-hybridized carbons (Fsp3) is 0.545. The predicted molar refractivity (Wildman–Crippen MR) is 55.7 cm³/mol. The third-order valence-electron chi connectivity index (χ3n) is 2.74. The molecule has 3 heteroatoms. The van der Waals surface area contributed by atoms with Crippen LogP contribution >= 0.6 is 0 Å². The lowest BCUT2D eigenvalue weighted by Crippen LogP contribution is -2.32. The first-order chi connectivity index (χ1) is 6.68. The fourth-order valence-electron chi connectivity index (χ4n) is 2.05. The Bertz CT molecular complexity index is 238. The van der Waals surface area contributed by atoms with E-state index in [0.717, 1.165) is 0 Å². The quantitative estimate of drug-likeness (QED) is 0.643. The van der Waals surface area contributed by atoms with Crippen LogP contribution in [0.1, 0.15) is 19.3 Å². The minimum absolute atomic E-state index is 0.00176. The van der Waals surface area contributed by atoms with E-state index >= 15 is 0 Å². The maximum absolute atomic E-state index is 11.7. The SMILES string of the molecule is C=CCC1(CC=C)CC(CO)NC1=O. The Kier molecular flexibility index (Phi) is 3.47. The van der Waals surface area contributed by atoms with Gasteiger partial charge in [0.15, 0.2) is 0 Å². The molecule has 14 heavy (non-hydrogen) atoms. The molecule has 78 valence electrons. The summed E-state index contributed by atoms with van der Waals surface area (Å²) in [6, 6.07) is -0.109. The van der Waals surface area contributed by atoms with E-state index in [4.69, 9.17) is 5.11 Å². The summed E-state index contributed by atoms with van der Waals surface area (Å²) in [4.78, 5) is 11.7. The van der Waals surface area contributed by atoms with E-state index in [9.17, 15) is 4.79 Å². The number of aliphatic hydroxyl groups excluding tert-OH is 1. The topological polar surface area (TPSA) is 49.3 Å². The lowest BCUT2D eigenvalue weighted by molar-refractivity contribution is -0.127. The number of hydrogen-bond donors (Lipinski definition) is 2. The molecule has 0 aliphatic carbocycles. The summed E-state index contributed by atoms with van der Waals surface area (Å²) in [5.74, 6) is 0.0105. The van der Waals surface area contributed by atoms with Crippen molar-refractivity contribution in [2.45, 2.75) is 25.3 Å². The van der Waals surface area contributed by atoms with Crippen molar-refractivity contribution in [3.63, 3.8) is 0 Å². The Morgan fingerprint density at radius 2 is 2.07 bits per heavy atom. The van der Waals surface area contributed by atoms with E-state index in [2.05, 4.69) is 18.5 Å². The lowest BCUT2D eigenvalue weighted by Gasteiger charge is -2.22. The van der Waals surface area contributed by atoms with Crippen LogP contribution in [-0.4, -0.2) is 23.7 Å². The van der Waals surface area contributed by atoms with E-state index < -0.39 is 5.41 Å². The Morgan fingerprint density at radius 3 is 2.43 bits per heavy atom. The molecule has 1 unspecified atom stereocenters. The van der Waals surface area contributed by atoms with E-state index in [-0.39, 0.29) is 18.6 Å². The molecule has 0 aromatic heterocycles. The highest BCUT2D eigenvalue weighted by molar-refractivity contribution is 5.85. The van der Waals surface area contributed by atoms with Crippen molar-refractivity contribution in [3.8, 4) is 0 Å². The van der Waals surface area contributed by atoms with Gasteiger partial charge in [-0.05, 0) is 19.3 Å². The number of amides is 1. The molecule has 1 fully saturated rings. The smallest absolute Gasteiger partial charge is 0.227 e. The van der Waals surface area contributed by atoms with Crippen LogP contribution in [0, 0.1) is 5.41 Å². The average Bonchev–Trinajstić information content (AvgIpc) is 2.45. The number of hydrogen-bond acceptors (Lipinski definition) is 2. The molecule has 0 aromatic rings. The zero-order chi connectivity index (χ0) is 10.6. The highest BCUT2D eigenvalue weighted by atomic mass is 16.3. The van der Waals surface area contributed by atoms with Gasteiger partial charge in [-0.15, -0.1) is 13.2 Å². The van der Waals surface area contributed by atoms with Gasteiger partial charge in [0.1, 0.15) is 0 Å². The third-order valence-corrected chi connectivity index (χ3v) is 2.74. The number of carbonyl (C=O) groups is 1. The van der Waals surface area contributed by atoms with Crippen molar-refractivity contribution in [1.82, 2.24) is 5.32 Å². The van der Waals surface area contributed by atoms with Crippen molar-refractivity contribution in [1.29, 1.82) is 0 Å². The number of aliphatic hydroxyl groups is 1. The van der Waals surface area contributed by atoms with Gasteiger partial charge >= 0.3 is 0 Å². The Balaban J connectivity index is 2.81. The molecule has 1 heterocycles. The maximum atomic E-state index is 11.7. The Morgan fingerprint density at radius 1 is 1.50 bits per heavy atom. The first kappa shape index (κ1) is 11.0. The summed E-state index contributed by atoms with van der Waals surface area (Å²) in [5, 5.41) is 11.8.